The van der Waals surface area contributed by atoms with Gasteiger partial charge in [-0.05, 0) is 24.5 Å². The smallest absolute Gasteiger partial charge is 0.263 e. The van der Waals surface area contributed by atoms with Crippen molar-refractivity contribution in [1.82, 2.24) is 5.32 Å². The van der Waals surface area contributed by atoms with Gasteiger partial charge in [0, 0.05) is 20.1 Å². The van der Waals surface area contributed by atoms with E-state index in [9.17, 15) is 4.79 Å². The lowest BCUT2D eigenvalue weighted by Crippen LogP contribution is -2.39. The summed E-state index contributed by atoms with van der Waals surface area (Å²) in [4.78, 5) is 16.0. The molecule has 1 aromatic heterocycles. The number of amides is 1. The van der Waals surface area contributed by atoms with Crippen LogP contribution in [0.5, 0.6) is 0 Å². The highest BCUT2D eigenvalue weighted by Crippen LogP contribution is 2.45. The number of thioether (sulfide) groups is 1. The lowest BCUT2D eigenvalue weighted by atomic mass is 9.84. The van der Waals surface area contributed by atoms with E-state index in [2.05, 4.69) is 24.1 Å². The lowest BCUT2D eigenvalue weighted by Gasteiger charge is -2.39. The standard InChI is InChI=1S/C14H23N3OS2/c1-14(2)6-5-7-17(8-14)13-11(19-4)9(15)10(20-13)12(18)16-3/h5-8,15H2,1-4H3,(H,16,18). The maximum atomic E-state index is 11.9. The minimum Gasteiger partial charge on any atom is -0.396 e. The first-order valence-electron chi connectivity index (χ1n) is 6.83. The van der Waals surface area contributed by atoms with Gasteiger partial charge in [0.25, 0.3) is 5.91 Å². The molecule has 1 aromatic rings. The van der Waals surface area contributed by atoms with Crippen molar-refractivity contribution < 1.29 is 4.79 Å². The molecule has 1 amide bonds. The Bertz CT molecular complexity index is 511. The van der Waals surface area contributed by atoms with Crippen LogP contribution in [0.15, 0.2) is 4.90 Å². The number of nitrogens with two attached hydrogens (primary N) is 1. The van der Waals surface area contributed by atoms with Crippen LogP contribution >= 0.6 is 23.1 Å². The number of nitrogens with one attached hydrogen (secondary N) is 1. The molecule has 2 heterocycles. The number of nitrogen functional groups attached to an aromatic ring is 1. The second-order valence-electron chi connectivity index (χ2n) is 5.95. The first-order valence-corrected chi connectivity index (χ1v) is 8.87. The van der Waals surface area contributed by atoms with Crippen molar-refractivity contribution in [3.63, 3.8) is 0 Å². The molecule has 0 aliphatic carbocycles. The van der Waals surface area contributed by atoms with Crippen LogP contribution in [0.3, 0.4) is 0 Å². The Labute approximate surface area is 129 Å². The van der Waals surface area contributed by atoms with Gasteiger partial charge >= 0.3 is 0 Å². The number of piperidine rings is 1. The highest BCUT2D eigenvalue weighted by molar-refractivity contribution is 7.99. The summed E-state index contributed by atoms with van der Waals surface area (Å²) in [5.74, 6) is -0.0923. The molecule has 0 spiro atoms. The second kappa shape index (κ2) is 5.85. The Morgan fingerprint density at radius 3 is 2.75 bits per heavy atom. The van der Waals surface area contributed by atoms with Crippen molar-refractivity contribution in [2.24, 2.45) is 5.41 Å². The normalized spacial score (nSPS) is 18.1. The van der Waals surface area contributed by atoms with E-state index in [1.165, 1.54) is 24.2 Å². The van der Waals surface area contributed by atoms with Crippen molar-refractivity contribution in [2.45, 2.75) is 31.6 Å². The van der Waals surface area contributed by atoms with Crippen molar-refractivity contribution in [2.75, 3.05) is 37.0 Å². The molecule has 4 nitrogen and oxygen atoms in total. The van der Waals surface area contributed by atoms with E-state index in [1.54, 1.807) is 18.8 Å². The van der Waals surface area contributed by atoms with Crippen LogP contribution in [0.1, 0.15) is 36.4 Å². The fourth-order valence-electron chi connectivity index (χ4n) is 2.70. The predicted molar refractivity (Wildman–Crippen MR) is 89.1 cm³/mol. The number of hydrogen-bond donors (Lipinski definition) is 2. The van der Waals surface area contributed by atoms with Gasteiger partial charge in [-0.1, -0.05) is 13.8 Å². The topological polar surface area (TPSA) is 58.4 Å². The van der Waals surface area contributed by atoms with Gasteiger partial charge in [-0.15, -0.1) is 23.1 Å². The van der Waals surface area contributed by atoms with Crippen LogP contribution in [0.4, 0.5) is 10.7 Å². The third-order valence-corrected chi connectivity index (χ3v) is 5.92. The first kappa shape index (κ1) is 15.5. The fourth-order valence-corrected chi connectivity index (χ4v) is 4.85. The number of rotatable bonds is 3. The molecule has 1 aliphatic rings. The first-order chi connectivity index (χ1) is 9.39. The number of carbonyl (C=O) groups excluding carboxylic acids is 1. The number of nitrogens with zero attached hydrogens (tertiary/aromatic N) is 1. The van der Waals surface area contributed by atoms with Gasteiger partial charge < -0.3 is 16.0 Å². The van der Waals surface area contributed by atoms with Crippen LogP contribution in [0.2, 0.25) is 0 Å². The molecule has 20 heavy (non-hydrogen) atoms. The maximum Gasteiger partial charge on any atom is 0.263 e. The van der Waals surface area contributed by atoms with E-state index in [0.29, 0.717) is 16.0 Å². The summed E-state index contributed by atoms with van der Waals surface area (Å²) >= 11 is 3.15. The van der Waals surface area contributed by atoms with Crippen molar-refractivity contribution in [1.29, 1.82) is 0 Å². The Kier molecular flexibility index (Phi) is 4.54. The van der Waals surface area contributed by atoms with Gasteiger partial charge in [-0.3, -0.25) is 4.79 Å². The largest absolute Gasteiger partial charge is 0.396 e. The highest BCUT2D eigenvalue weighted by Gasteiger charge is 2.30. The second-order valence-corrected chi connectivity index (χ2v) is 7.77. The summed E-state index contributed by atoms with van der Waals surface area (Å²) in [5, 5.41) is 3.82. The van der Waals surface area contributed by atoms with Crippen molar-refractivity contribution in [3.05, 3.63) is 4.88 Å². The summed E-state index contributed by atoms with van der Waals surface area (Å²) in [6.45, 7) is 6.67. The van der Waals surface area contributed by atoms with E-state index in [-0.39, 0.29) is 5.91 Å². The molecule has 6 heteroatoms. The maximum absolute atomic E-state index is 11.9. The quantitative estimate of drug-likeness (QED) is 0.842. The number of anilines is 2. The van der Waals surface area contributed by atoms with Gasteiger partial charge in [0.15, 0.2) is 0 Å². The lowest BCUT2D eigenvalue weighted by molar-refractivity contribution is 0.0968. The Morgan fingerprint density at radius 2 is 2.20 bits per heavy atom. The molecule has 0 bridgehead atoms. The van der Waals surface area contributed by atoms with Crippen LogP contribution in [-0.4, -0.2) is 32.3 Å². The molecule has 112 valence electrons. The molecule has 0 saturated carbocycles. The van der Waals surface area contributed by atoms with E-state index >= 15 is 0 Å². The van der Waals surface area contributed by atoms with Crippen molar-refractivity contribution in [3.8, 4) is 0 Å². The van der Waals surface area contributed by atoms with Gasteiger partial charge in [0.2, 0.25) is 0 Å². The van der Waals surface area contributed by atoms with Crippen LogP contribution in [0.25, 0.3) is 0 Å². The van der Waals surface area contributed by atoms with Crippen LogP contribution < -0.4 is 16.0 Å². The van der Waals surface area contributed by atoms with E-state index in [4.69, 9.17) is 5.73 Å². The third kappa shape index (κ3) is 2.91. The monoisotopic (exact) mass is 313 g/mol. The van der Waals surface area contributed by atoms with Gasteiger partial charge in [-0.25, -0.2) is 0 Å². The Balaban J connectivity index is 2.38. The average molecular weight is 313 g/mol. The molecule has 0 aromatic carbocycles. The van der Waals surface area contributed by atoms with E-state index in [0.717, 1.165) is 23.0 Å². The van der Waals surface area contributed by atoms with Crippen molar-refractivity contribution >= 4 is 39.7 Å². The van der Waals surface area contributed by atoms with E-state index < -0.39 is 0 Å². The van der Waals surface area contributed by atoms with Gasteiger partial charge in [-0.2, -0.15) is 0 Å². The minimum absolute atomic E-state index is 0.0923. The number of carbonyl (C=O) groups is 1. The van der Waals surface area contributed by atoms with E-state index in [1.807, 2.05) is 6.26 Å². The molecule has 0 radical (unpaired) electrons. The molecular weight excluding hydrogens is 290 g/mol. The Morgan fingerprint density at radius 1 is 1.50 bits per heavy atom. The molecule has 2 rings (SSSR count). The summed E-state index contributed by atoms with van der Waals surface area (Å²) in [6, 6.07) is 0. The molecule has 1 fully saturated rings. The van der Waals surface area contributed by atoms with Gasteiger partial charge in [0.05, 0.1) is 10.6 Å². The molecular formula is C14H23N3OS2. The molecule has 0 unspecified atom stereocenters. The molecule has 1 aliphatic heterocycles. The zero-order valence-corrected chi connectivity index (χ0v) is 14.2. The number of hydrogen-bond acceptors (Lipinski definition) is 5. The zero-order chi connectivity index (χ0) is 14.9. The molecule has 3 N–H and O–H groups in total. The number of thiophene rings is 1. The SMILES string of the molecule is CNC(=O)c1sc(N2CCCC(C)(C)C2)c(SC)c1N. The third-order valence-electron chi connectivity index (χ3n) is 3.71. The molecule has 0 atom stereocenters. The summed E-state index contributed by atoms with van der Waals surface area (Å²) in [5.41, 5.74) is 7.11. The summed E-state index contributed by atoms with van der Waals surface area (Å²) in [7, 11) is 1.64. The summed E-state index contributed by atoms with van der Waals surface area (Å²) < 4.78 is 0. The zero-order valence-electron chi connectivity index (χ0n) is 12.6. The summed E-state index contributed by atoms with van der Waals surface area (Å²) in [6.07, 6.45) is 4.46. The molecule has 1 saturated heterocycles. The van der Waals surface area contributed by atoms with Crippen LogP contribution in [0, 0.1) is 5.41 Å². The predicted octanol–water partition coefficient (Wildman–Crippen LogP) is 3.04. The minimum atomic E-state index is -0.0923. The average Bonchev–Trinajstić information content (AvgIpc) is 2.73. The van der Waals surface area contributed by atoms with Gasteiger partial charge in [0.1, 0.15) is 9.88 Å². The fraction of sp³-hybridized carbons (Fsp3) is 0.643. The Hall–Kier alpha value is -0.880. The highest BCUT2D eigenvalue weighted by atomic mass is 32.2. The van der Waals surface area contributed by atoms with Crippen LogP contribution in [-0.2, 0) is 0 Å².